The zero-order valence-electron chi connectivity index (χ0n) is 17.4. The summed E-state index contributed by atoms with van der Waals surface area (Å²) in [5, 5.41) is 29.7. The SMILES string of the molecule is CC(=O)O.CC(=O)O.CC(=O)O.CC(=O)O.[H-].[H-].[H-].[H-].[Na+].[Na+].[Na+].[Na+]. The van der Waals surface area contributed by atoms with Crippen molar-refractivity contribution in [2.24, 2.45) is 0 Å². The maximum absolute atomic E-state index is 9.00. The van der Waals surface area contributed by atoms with Gasteiger partial charge in [-0.1, -0.05) is 0 Å². The van der Waals surface area contributed by atoms with E-state index in [0.717, 1.165) is 27.7 Å². The van der Waals surface area contributed by atoms with Gasteiger partial charge in [0.2, 0.25) is 0 Å². The van der Waals surface area contributed by atoms with E-state index < -0.39 is 23.9 Å². The van der Waals surface area contributed by atoms with Crippen LogP contribution in [-0.4, -0.2) is 44.3 Å². The van der Waals surface area contributed by atoms with E-state index in [1.54, 1.807) is 0 Å². The molecule has 0 spiro atoms. The maximum atomic E-state index is 9.00. The number of rotatable bonds is 0. The van der Waals surface area contributed by atoms with Crippen molar-refractivity contribution in [1.82, 2.24) is 0 Å². The molecule has 0 aliphatic rings. The van der Waals surface area contributed by atoms with Gasteiger partial charge in [0.1, 0.15) is 0 Å². The van der Waals surface area contributed by atoms with Gasteiger partial charge < -0.3 is 26.1 Å². The van der Waals surface area contributed by atoms with E-state index in [0.29, 0.717) is 0 Å². The van der Waals surface area contributed by atoms with Crippen LogP contribution in [-0.2, 0) is 19.2 Å². The van der Waals surface area contributed by atoms with Crippen molar-refractivity contribution in [3.8, 4) is 0 Å². The van der Waals surface area contributed by atoms with Crippen molar-refractivity contribution in [2.75, 3.05) is 0 Å². The van der Waals surface area contributed by atoms with Gasteiger partial charge in [0.15, 0.2) is 0 Å². The molecule has 0 aromatic heterocycles. The largest absolute Gasteiger partial charge is 1.00 e. The van der Waals surface area contributed by atoms with Crippen LogP contribution in [0, 0.1) is 0 Å². The van der Waals surface area contributed by atoms with E-state index in [1.165, 1.54) is 0 Å². The summed E-state index contributed by atoms with van der Waals surface area (Å²) < 4.78 is 0. The van der Waals surface area contributed by atoms with Crippen LogP contribution in [0.3, 0.4) is 0 Å². The fraction of sp³-hybridized carbons (Fsp3) is 0.500. The second-order valence-electron chi connectivity index (χ2n) is 2.08. The molecule has 0 unspecified atom stereocenters. The molecule has 8 nitrogen and oxygen atoms in total. The maximum Gasteiger partial charge on any atom is 1.00 e. The van der Waals surface area contributed by atoms with Gasteiger partial charge in [0.05, 0.1) is 0 Å². The fourth-order valence-electron chi connectivity index (χ4n) is 0. The van der Waals surface area contributed by atoms with E-state index in [-0.39, 0.29) is 124 Å². The van der Waals surface area contributed by atoms with Crippen LogP contribution < -0.4 is 118 Å². The summed E-state index contributed by atoms with van der Waals surface area (Å²) in [7, 11) is 0. The van der Waals surface area contributed by atoms with E-state index in [9.17, 15) is 0 Å². The van der Waals surface area contributed by atoms with Crippen LogP contribution in [0.2, 0.25) is 0 Å². The van der Waals surface area contributed by atoms with Crippen LogP contribution >= 0.6 is 0 Å². The quantitative estimate of drug-likeness (QED) is 0.319. The topological polar surface area (TPSA) is 149 Å². The number of hydrogen-bond acceptors (Lipinski definition) is 4. The van der Waals surface area contributed by atoms with Gasteiger partial charge in [0, 0.05) is 27.7 Å². The molecule has 0 saturated carbocycles. The number of hydrogen-bond donors (Lipinski definition) is 4. The Labute approximate surface area is 212 Å². The Kier molecular flexibility index (Phi) is 106. The molecule has 0 aliphatic carbocycles. The summed E-state index contributed by atoms with van der Waals surface area (Å²) in [6.45, 7) is 4.33. The Bertz CT molecular complexity index is 186. The van der Waals surface area contributed by atoms with Gasteiger partial charge >= 0.3 is 118 Å². The van der Waals surface area contributed by atoms with Crippen molar-refractivity contribution >= 4 is 23.9 Å². The Hall–Kier alpha value is 1.88. The molecular formula is C8H20Na4O8. The molecule has 104 valence electrons. The number of aliphatic carboxylic acids is 4. The van der Waals surface area contributed by atoms with E-state index in [1.807, 2.05) is 0 Å². The Morgan fingerprint density at radius 2 is 0.500 bits per heavy atom. The second-order valence-corrected chi connectivity index (χ2v) is 2.08. The van der Waals surface area contributed by atoms with Crippen LogP contribution in [0.4, 0.5) is 0 Å². The predicted molar refractivity (Wildman–Crippen MR) is 57.7 cm³/mol. The van der Waals surface area contributed by atoms with Gasteiger partial charge in [-0.3, -0.25) is 19.2 Å². The van der Waals surface area contributed by atoms with Gasteiger partial charge in [0.25, 0.3) is 23.9 Å². The van der Waals surface area contributed by atoms with Gasteiger partial charge in [-0.05, 0) is 0 Å². The molecule has 0 aliphatic heterocycles. The normalized spacial score (nSPS) is 5.00. The first-order valence-corrected chi connectivity index (χ1v) is 3.71. The molecule has 0 heterocycles. The Morgan fingerprint density at radius 1 is 0.500 bits per heavy atom. The average Bonchev–Trinajstić information content (AvgIpc) is 1.76. The molecule has 0 aromatic rings. The number of carboxylic acid groups (broad SMARTS) is 4. The molecular weight excluding hydrogens is 316 g/mol. The van der Waals surface area contributed by atoms with Crippen LogP contribution in [0.25, 0.3) is 0 Å². The molecule has 0 rings (SSSR count). The first-order valence-electron chi connectivity index (χ1n) is 3.71. The molecule has 0 radical (unpaired) electrons. The number of carboxylic acids is 4. The molecule has 0 aromatic carbocycles. The van der Waals surface area contributed by atoms with Crippen molar-refractivity contribution < 1.29 is 164 Å². The molecule has 0 fully saturated rings. The van der Waals surface area contributed by atoms with Crippen LogP contribution in [0.15, 0.2) is 0 Å². The van der Waals surface area contributed by atoms with Crippen molar-refractivity contribution in [1.29, 1.82) is 0 Å². The Balaban J connectivity index is -0.00000000720. The first kappa shape index (κ1) is 49.5. The Morgan fingerprint density at radius 3 is 0.500 bits per heavy atom. The molecule has 0 bridgehead atoms. The van der Waals surface area contributed by atoms with Gasteiger partial charge in [-0.2, -0.15) is 0 Å². The molecule has 0 saturated heterocycles. The summed E-state index contributed by atoms with van der Waals surface area (Å²) in [5.74, 6) is -3.33. The van der Waals surface area contributed by atoms with Crippen molar-refractivity contribution in [3.05, 3.63) is 0 Å². The van der Waals surface area contributed by atoms with Crippen molar-refractivity contribution in [2.45, 2.75) is 27.7 Å². The summed E-state index contributed by atoms with van der Waals surface area (Å²) >= 11 is 0. The minimum atomic E-state index is -0.833. The van der Waals surface area contributed by atoms with E-state index in [4.69, 9.17) is 39.6 Å². The minimum Gasteiger partial charge on any atom is -1.00 e. The molecule has 4 N–H and O–H groups in total. The zero-order valence-corrected chi connectivity index (χ0v) is 21.4. The summed E-state index contributed by atoms with van der Waals surface area (Å²) in [6.07, 6.45) is 0. The monoisotopic (exact) mass is 336 g/mol. The molecule has 0 atom stereocenters. The predicted octanol–water partition coefficient (Wildman–Crippen LogP) is -11.2. The van der Waals surface area contributed by atoms with E-state index in [2.05, 4.69) is 0 Å². The molecule has 20 heavy (non-hydrogen) atoms. The third kappa shape index (κ3) is 2000. The summed E-state index contributed by atoms with van der Waals surface area (Å²) in [6, 6.07) is 0. The zero-order chi connectivity index (χ0) is 14.3. The van der Waals surface area contributed by atoms with Crippen molar-refractivity contribution in [3.63, 3.8) is 0 Å². The van der Waals surface area contributed by atoms with Crippen LogP contribution in [0.5, 0.6) is 0 Å². The smallest absolute Gasteiger partial charge is 1.00 e. The standard InChI is InChI=1S/4C2H4O2.4Na.4H/c4*1-2(3)4;;;;;;;;/h4*1H3,(H,3,4);;;;;;;;/q;;;;4*+1;4*-1. The third-order valence-electron chi connectivity index (χ3n) is 0. The average molecular weight is 336 g/mol. The van der Waals surface area contributed by atoms with Gasteiger partial charge in [-0.15, -0.1) is 0 Å². The molecule has 0 amide bonds. The minimum absolute atomic E-state index is 0. The fourth-order valence-corrected chi connectivity index (χ4v) is 0. The molecule has 12 heteroatoms. The van der Waals surface area contributed by atoms with Crippen LogP contribution in [0.1, 0.15) is 33.4 Å². The second kappa shape index (κ2) is 42.8. The number of carbonyl (C=O) groups is 4. The first-order chi connectivity index (χ1) is 6.93. The van der Waals surface area contributed by atoms with E-state index >= 15 is 0 Å². The van der Waals surface area contributed by atoms with Gasteiger partial charge in [-0.25, -0.2) is 0 Å². The summed E-state index contributed by atoms with van der Waals surface area (Å²) in [5.41, 5.74) is 0. The third-order valence-corrected chi connectivity index (χ3v) is 0. The summed E-state index contributed by atoms with van der Waals surface area (Å²) in [4.78, 5) is 36.0.